The molecule has 0 atom stereocenters. The number of rotatable bonds is 6. The van der Waals surface area contributed by atoms with Crippen LogP contribution in [0.2, 0.25) is 0 Å². The number of imidazole rings is 1. The molecule has 0 bridgehead atoms. The van der Waals surface area contributed by atoms with E-state index in [4.69, 9.17) is 14.6 Å². The number of morpholine rings is 1. The summed E-state index contributed by atoms with van der Waals surface area (Å²) >= 11 is 0. The van der Waals surface area contributed by atoms with Gasteiger partial charge in [-0.05, 0) is 17.7 Å². The van der Waals surface area contributed by atoms with E-state index in [9.17, 15) is 4.79 Å². The molecule has 0 aliphatic carbocycles. The molecule has 0 unspecified atom stereocenters. The van der Waals surface area contributed by atoms with Gasteiger partial charge in [-0.1, -0.05) is 6.07 Å². The molecule has 1 amide bonds. The summed E-state index contributed by atoms with van der Waals surface area (Å²) < 4.78 is 7.28. The van der Waals surface area contributed by atoms with E-state index in [2.05, 4.69) is 25.2 Å². The molecule has 4 rings (SSSR count). The van der Waals surface area contributed by atoms with Gasteiger partial charge >= 0.3 is 0 Å². The quantitative estimate of drug-likeness (QED) is 0.566. The molecule has 1 saturated heterocycles. The molecule has 1 aliphatic rings. The van der Waals surface area contributed by atoms with Gasteiger partial charge in [-0.15, -0.1) is 0 Å². The minimum Gasteiger partial charge on any atom is -0.483 e. The molecule has 158 valence electrons. The van der Waals surface area contributed by atoms with Gasteiger partial charge in [0.1, 0.15) is 5.52 Å². The molecule has 3 aromatic heterocycles. The molecule has 0 radical (unpaired) electrons. The van der Waals surface area contributed by atoms with Crippen molar-refractivity contribution in [2.75, 3.05) is 39.4 Å². The first-order chi connectivity index (χ1) is 14.7. The molecule has 30 heavy (non-hydrogen) atoms. The standard InChI is InChI=1S/C19H22N6O2.CH2O2/c26-19(21-4-5-24-6-8-27-9-7-24)16-10-17-18(22-12-16)25(14-23-17)13-15-2-1-3-20-11-15;2-1-3/h1-3,10-12,14H,4-9,13H2,(H,21,26);1H,(H,2,3). The van der Waals surface area contributed by atoms with Gasteiger partial charge in [0, 0.05) is 44.8 Å². The molecule has 3 aromatic rings. The monoisotopic (exact) mass is 412 g/mol. The van der Waals surface area contributed by atoms with Gasteiger partial charge in [0.2, 0.25) is 0 Å². The molecule has 2 N–H and O–H groups in total. The normalized spacial score (nSPS) is 14.0. The highest BCUT2D eigenvalue weighted by Gasteiger charge is 2.13. The number of pyridine rings is 2. The van der Waals surface area contributed by atoms with Crippen molar-refractivity contribution >= 4 is 23.5 Å². The zero-order chi connectivity index (χ0) is 21.2. The molecular formula is C20H24N6O4. The molecule has 4 heterocycles. The van der Waals surface area contributed by atoms with Gasteiger partial charge in [0.15, 0.2) is 5.65 Å². The first-order valence-electron chi connectivity index (χ1n) is 9.57. The number of hydrogen-bond donors (Lipinski definition) is 2. The number of amides is 1. The van der Waals surface area contributed by atoms with Gasteiger partial charge in [0.05, 0.1) is 31.6 Å². The fraction of sp³-hybridized carbons (Fsp3) is 0.350. The van der Waals surface area contributed by atoms with Gasteiger partial charge in [-0.3, -0.25) is 19.5 Å². The lowest BCUT2D eigenvalue weighted by molar-refractivity contribution is -0.122. The van der Waals surface area contributed by atoms with Crippen LogP contribution in [0.25, 0.3) is 11.2 Å². The van der Waals surface area contributed by atoms with Gasteiger partial charge < -0.3 is 19.7 Å². The Morgan fingerprint density at radius 1 is 1.27 bits per heavy atom. The third-order valence-electron chi connectivity index (χ3n) is 4.61. The van der Waals surface area contributed by atoms with E-state index in [1.54, 1.807) is 24.8 Å². The molecule has 0 saturated carbocycles. The number of carbonyl (C=O) groups is 2. The van der Waals surface area contributed by atoms with Crippen LogP contribution in [0.1, 0.15) is 15.9 Å². The van der Waals surface area contributed by atoms with Crippen molar-refractivity contribution in [3.63, 3.8) is 0 Å². The summed E-state index contributed by atoms with van der Waals surface area (Å²) in [7, 11) is 0. The van der Waals surface area contributed by atoms with Crippen LogP contribution in [-0.4, -0.2) is 81.3 Å². The van der Waals surface area contributed by atoms with E-state index < -0.39 is 0 Å². The lowest BCUT2D eigenvalue weighted by atomic mass is 10.2. The molecule has 10 heteroatoms. The predicted octanol–water partition coefficient (Wildman–Crippen LogP) is 0.637. The summed E-state index contributed by atoms with van der Waals surface area (Å²) in [4.78, 5) is 36.0. The highest BCUT2D eigenvalue weighted by atomic mass is 16.5. The zero-order valence-corrected chi connectivity index (χ0v) is 16.5. The summed E-state index contributed by atoms with van der Waals surface area (Å²) in [5.74, 6) is -0.125. The maximum absolute atomic E-state index is 12.4. The Hall–Kier alpha value is -3.37. The Balaban J connectivity index is 0.000000806. The lowest BCUT2D eigenvalue weighted by Crippen LogP contribution is -2.41. The predicted molar refractivity (Wildman–Crippen MR) is 109 cm³/mol. The molecular weight excluding hydrogens is 388 g/mol. The smallest absolute Gasteiger partial charge is 0.290 e. The summed E-state index contributed by atoms with van der Waals surface area (Å²) in [6.07, 6.45) is 6.92. The van der Waals surface area contributed by atoms with Crippen molar-refractivity contribution in [1.82, 2.24) is 29.7 Å². The van der Waals surface area contributed by atoms with Crippen molar-refractivity contribution in [3.8, 4) is 0 Å². The van der Waals surface area contributed by atoms with Crippen LogP contribution in [-0.2, 0) is 16.1 Å². The first-order valence-corrected chi connectivity index (χ1v) is 9.57. The number of carboxylic acid groups (broad SMARTS) is 1. The van der Waals surface area contributed by atoms with Crippen molar-refractivity contribution in [2.24, 2.45) is 0 Å². The number of fused-ring (bicyclic) bond motifs is 1. The summed E-state index contributed by atoms with van der Waals surface area (Å²) in [6, 6.07) is 5.70. The SMILES string of the molecule is O=C(NCCN1CCOCC1)c1cnc2c(c1)ncn2Cc1cccnc1.O=CO. The number of carbonyl (C=O) groups excluding carboxylic acids is 1. The third kappa shape index (κ3) is 5.82. The van der Waals surface area contributed by atoms with Gasteiger partial charge in [-0.25, -0.2) is 9.97 Å². The Bertz CT molecular complexity index is 956. The second kappa shape index (κ2) is 11.0. The Morgan fingerprint density at radius 3 is 2.80 bits per heavy atom. The molecule has 1 fully saturated rings. The number of ether oxygens (including phenoxy) is 1. The summed E-state index contributed by atoms with van der Waals surface area (Å²) in [5, 5.41) is 9.84. The second-order valence-corrected chi connectivity index (χ2v) is 6.62. The zero-order valence-electron chi connectivity index (χ0n) is 16.5. The van der Waals surface area contributed by atoms with E-state index in [1.807, 2.05) is 22.9 Å². The van der Waals surface area contributed by atoms with E-state index in [1.165, 1.54) is 0 Å². The van der Waals surface area contributed by atoms with Gasteiger partial charge in [0.25, 0.3) is 12.4 Å². The highest BCUT2D eigenvalue weighted by Crippen LogP contribution is 2.13. The second-order valence-electron chi connectivity index (χ2n) is 6.62. The van der Waals surface area contributed by atoms with Crippen molar-refractivity contribution in [3.05, 3.63) is 54.2 Å². The van der Waals surface area contributed by atoms with E-state index in [-0.39, 0.29) is 12.4 Å². The minimum absolute atomic E-state index is 0.125. The maximum Gasteiger partial charge on any atom is 0.290 e. The van der Waals surface area contributed by atoms with Crippen molar-refractivity contribution < 1.29 is 19.4 Å². The number of nitrogens with one attached hydrogen (secondary N) is 1. The maximum atomic E-state index is 12.4. The fourth-order valence-corrected chi connectivity index (χ4v) is 3.13. The largest absolute Gasteiger partial charge is 0.483 e. The van der Waals surface area contributed by atoms with E-state index in [0.29, 0.717) is 24.2 Å². The average Bonchev–Trinajstić information content (AvgIpc) is 3.18. The minimum atomic E-state index is -0.250. The van der Waals surface area contributed by atoms with Crippen molar-refractivity contribution in [2.45, 2.75) is 6.54 Å². The average molecular weight is 412 g/mol. The Labute approximate surface area is 173 Å². The molecule has 0 spiro atoms. The third-order valence-corrected chi connectivity index (χ3v) is 4.61. The van der Waals surface area contributed by atoms with Crippen LogP contribution < -0.4 is 5.32 Å². The molecule has 1 aliphatic heterocycles. The van der Waals surface area contributed by atoms with Crippen LogP contribution in [0, 0.1) is 0 Å². The van der Waals surface area contributed by atoms with E-state index in [0.717, 1.165) is 44.1 Å². The van der Waals surface area contributed by atoms with Crippen LogP contribution >= 0.6 is 0 Å². The first kappa shape index (κ1) is 21.3. The highest BCUT2D eigenvalue weighted by molar-refractivity contribution is 5.96. The topological polar surface area (TPSA) is 122 Å². The van der Waals surface area contributed by atoms with Crippen LogP contribution in [0.5, 0.6) is 0 Å². The van der Waals surface area contributed by atoms with Crippen LogP contribution in [0.15, 0.2) is 43.1 Å². The summed E-state index contributed by atoms with van der Waals surface area (Å²) in [6.45, 7) is 5.17. The summed E-state index contributed by atoms with van der Waals surface area (Å²) in [5.41, 5.74) is 3.06. The lowest BCUT2D eigenvalue weighted by Gasteiger charge is -2.26. The van der Waals surface area contributed by atoms with Crippen molar-refractivity contribution in [1.29, 1.82) is 0 Å². The van der Waals surface area contributed by atoms with E-state index >= 15 is 0 Å². The molecule has 10 nitrogen and oxygen atoms in total. The molecule has 0 aromatic carbocycles. The Morgan fingerprint density at radius 2 is 2.07 bits per heavy atom. The number of hydrogen-bond acceptors (Lipinski definition) is 7. The van der Waals surface area contributed by atoms with Gasteiger partial charge in [-0.2, -0.15) is 0 Å². The fourth-order valence-electron chi connectivity index (χ4n) is 3.13. The Kier molecular flexibility index (Phi) is 7.81. The number of nitrogens with zero attached hydrogens (tertiary/aromatic N) is 5. The number of aromatic nitrogens is 4. The van der Waals surface area contributed by atoms with Crippen LogP contribution in [0.4, 0.5) is 0 Å². The van der Waals surface area contributed by atoms with Crippen LogP contribution in [0.3, 0.4) is 0 Å².